The molecule has 25 heavy (non-hydrogen) atoms. The molecule has 2 N–H and O–H groups in total. The number of halogens is 1. The van der Waals surface area contributed by atoms with Crippen LogP contribution in [-0.4, -0.2) is 36.1 Å². The first-order chi connectivity index (χ1) is 12.1. The van der Waals surface area contributed by atoms with E-state index in [0.29, 0.717) is 16.2 Å². The zero-order valence-corrected chi connectivity index (χ0v) is 13.8. The third-order valence-corrected chi connectivity index (χ3v) is 3.91. The first-order valence-electron chi connectivity index (χ1n) is 7.40. The van der Waals surface area contributed by atoms with E-state index in [9.17, 15) is 4.79 Å². The van der Waals surface area contributed by atoms with Gasteiger partial charge in [0.25, 0.3) is 5.91 Å². The SMILES string of the molecule is Cc1cc2nn(-c3ccc(Cl)cc3)nc2cc1NC(=O)c1ncn[nH]1. The number of rotatable bonds is 3. The Morgan fingerprint density at radius 3 is 2.56 bits per heavy atom. The molecule has 0 aliphatic rings. The number of aromatic amines is 1. The maximum atomic E-state index is 12.1. The molecule has 2 aromatic carbocycles. The highest BCUT2D eigenvalue weighted by atomic mass is 35.5. The monoisotopic (exact) mass is 353 g/mol. The lowest BCUT2D eigenvalue weighted by atomic mass is 10.1. The molecule has 0 unspecified atom stereocenters. The number of nitrogens with zero attached hydrogens (tertiary/aromatic N) is 5. The van der Waals surface area contributed by atoms with E-state index in [0.717, 1.165) is 16.8 Å². The van der Waals surface area contributed by atoms with Gasteiger partial charge in [0.1, 0.15) is 17.4 Å². The minimum absolute atomic E-state index is 0.143. The summed E-state index contributed by atoms with van der Waals surface area (Å²) in [6, 6.07) is 10.9. The Hall–Kier alpha value is -3.26. The molecule has 4 rings (SSSR count). The molecule has 0 atom stereocenters. The number of aromatic nitrogens is 6. The molecule has 2 heterocycles. The molecule has 9 heteroatoms. The second-order valence-electron chi connectivity index (χ2n) is 5.41. The number of aryl methyl sites for hydroxylation is 1. The quantitative estimate of drug-likeness (QED) is 0.589. The van der Waals surface area contributed by atoms with Gasteiger partial charge in [0.15, 0.2) is 0 Å². The van der Waals surface area contributed by atoms with E-state index in [1.165, 1.54) is 11.1 Å². The molecule has 2 aromatic heterocycles. The van der Waals surface area contributed by atoms with Crippen LogP contribution in [0.1, 0.15) is 16.2 Å². The molecule has 4 aromatic rings. The fourth-order valence-corrected chi connectivity index (χ4v) is 2.51. The summed E-state index contributed by atoms with van der Waals surface area (Å²) in [5.41, 5.74) is 3.68. The standard InChI is InChI=1S/C16H12ClN7O/c1-9-6-13-14(7-12(9)20-16(25)15-18-8-19-21-15)23-24(22-13)11-4-2-10(17)3-5-11/h2-8H,1H3,(H,20,25)(H,18,19,21). The molecular weight excluding hydrogens is 342 g/mol. The summed E-state index contributed by atoms with van der Waals surface area (Å²) in [6.07, 6.45) is 1.28. The van der Waals surface area contributed by atoms with Crippen LogP contribution in [0.3, 0.4) is 0 Å². The van der Waals surface area contributed by atoms with Crippen molar-refractivity contribution in [3.63, 3.8) is 0 Å². The van der Waals surface area contributed by atoms with Crippen molar-refractivity contribution in [2.45, 2.75) is 6.92 Å². The lowest BCUT2D eigenvalue weighted by Gasteiger charge is -2.06. The molecular formula is C16H12ClN7O. The summed E-state index contributed by atoms with van der Waals surface area (Å²) in [5, 5.41) is 18.6. The second-order valence-corrected chi connectivity index (χ2v) is 5.85. The molecule has 0 fully saturated rings. The van der Waals surface area contributed by atoms with E-state index in [4.69, 9.17) is 11.6 Å². The number of carbonyl (C=O) groups excluding carboxylic acids is 1. The van der Waals surface area contributed by atoms with Crippen LogP contribution in [0.2, 0.25) is 5.02 Å². The van der Waals surface area contributed by atoms with Crippen LogP contribution < -0.4 is 5.32 Å². The zero-order chi connectivity index (χ0) is 17.4. The van der Waals surface area contributed by atoms with Crippen LogP contribution in [0.4, 0.5) is 5.69 Å². The number of hydrogen-bond donors (Lipinski definition) is 2. The van der Waals surface area contributed by atoms with Gasteiger partial charge in [-0.05, 0) is 48.9 Å². The summed E-state index contributed by atoms with van der Waals surface area (Å²) >= 11 is 5.91. The Bertz CT molecular complexity index is 1050. The molecule has 1 amide bonds. The van der Waals surface area contributed by atoms with Gasteiger partial charge in [-0.15, -0.1) is 10.2 Å². The Morgan fingerprint density at radius 2 is 1.88 bits per heavy atom. The number of nitrogens with one attached hydrogen (secondary N) is 2. The third-order valence-electron chi connectivity index (χ3n) is 3.66. The molecule has 8 nitrogen and oxygen atoms in total. The fraction of sp³-hybridized carbons (Fsp3) is 0.0625. The van der Waals surface area contributed by atoms with Crippen molar-refractivity contribution in [1.29, 1.82) is 0 Å². The van der Waals surface area contributed by atoms with E-state index in [2.05, 4.69) is 30.7 Å². The summed E-state index contributed by atoms with van der Waals surface area (Å²) in [6.45, 7) is 1.89. The van der Waals surface area contributed by atoms with Crippen LogP contribution >= 0.6 is 11.6 Å². The van der Waals surface area contributed by atoms with Crippen molar-refractivity contribution in [3.05, 3.63) is 59.1 Å². The predicted octanol–water partition coefficient (Wildman–Crippen LogP) is 2.75. The smallest absolute Gasteiger partial charge is 0.292 e. The predicted molar refractivity (Wildman–Crippen MR) is 92.9 cm³/mol. The van der Waals surface area contributed by atoms with Crippen molar-refractivity contribution in [2.24, 2.45) is 0 Å². The summed E-state index contributed by atoms with van der Waals surface area (Å²) in [4.78, 5) is 17.5. The van der Waals surface area contributed by atoms with Gasteiger partial charge >= 0.3 is 0 Å². The fourth-order valence-electron chi connectivity index (χ4n) is 2.39. The largest absolute Gasteiger partial charge is 0.319 e. The van der Waals surface area contributed by atoms with Crippen LogP contribution in [-0.2, 0) is 0 Å². The average molecular weight is 354 g/mol. The Labute approximate surface area is 146 Å². The number of carbonyl (C=O) groups is 1. The number of anilines is 1. The van der Waals surface area contributed by atoms with Gasteiger partial charge in [-0.1, -0.05) is 11.6 Å². The topological polar surface area (TPSA) is 101 Å². The van der Waals surface area contributed by atoms with Gasteiger partial charge in [0.2, 0.25) is 5.82 Å². The molecule has 0 saturated carbocycles. The van der Waals surface area contributed by atoms with E-state index < -0.39 is 0 Å². The first kappa shape index (κ1) is 15.3. The molecule has 0 spiro atoms. The normalized spacial score (nSPS) is 11.0. The highest BCUT2D eigenvalue weighted by Gasteiger charge is 2.13. The van der Waals surface area contributed by atoms with E-state index in [1.807, 2.05) is 25.1 Å². The average Bonchev–Trinajstić information content (AvgIpc) is 3.25. The van der Waals surface area contributed by atoms with Gasteiger partial charge in [-0.25, -0.2) is 4.98 Å². The minimum atomic E-state index is -0.370. The number of hydrogen-bond acceptors (Lipinski definition) is 5. The summed E-state index contributed by atoms with van der Waals surface area (Å²) in [5.74, 6) is -0.227. The number of H-pyrrole nitrogens is 1. The van der Waals surface area contributed by atoms with Crippen LogP contribution in [0, 0.1) is 6.92 Å². The van der Waals surface area contributed by atoms with Crippen LogP contribution in [0.25, 0.3) is 16.7 Å². The van der Waals surface area contributed by atoms with Crippen LogP contribution in [0.5, 0.6) is 0 Å². The van der Waals surface area contributed by atoms with Gasteiger partial charge in [0.05, 0.1) is 5.69 Å². The third kappa shape index (κ3) is 2.94. The Kier molecular flexibility index (Phi) is 3.66. The van der Waals surface area contributed by atoms with Crippen LogP contribution in [0.15, 0.2) is 42.7 Å². The maximum absolute atomic E-state index is 12.1. The molecule has 0 aliphatic heterocycles. The lowest BCUT2D eigenvalue weighted by Crippen LogP contribution is -2.14. The number of benzene rings is 2. The van der Waals surface area contributed by atoms with Gasteiger partial charge in [-0.3, -0.25) is 9.89 Å². The molecule has 0 aliphatic carbocycles. The molecule has 0 bridgehead atoms. The van der Waals surface area contributed by atoms with Gasteiger partial charge in [-0.2, -0.15) is 9.90 Å². The molecule has 0 radical (unpaired) electrons. The van der Waals surface area contributed by atoms with Crippen molar-refractivity contribution >= 4 is 34.2 Å². The van der Waals surface area contributed by atoms with Crippen molar-refractivity contribution in [3.8, 4) is 5.69 Å². The van der Waals surface area contributed by atoms with E-state index >= 15 is 0 Å². The van der Waals surface area contributed by atoms with Gasteiger partial charge < -0.3 is 5.32 Å². The first-order valence-corrected chi connectivity index (χ1v) is 7.78. The van der Waals surface area contributed by atoms with Crippen molar-refractivity contribution in [1.82, 2.24) is 30.2 Å². The summed E-state index contributed by atoms with van der Waals surface area (Å²) in [7, 11) is 0. The highest BCUT2D eigenvalue weighted by Crippen LogP contribution is 2.23. The lowest BCUT2D eigenvalue weighted by molar-refractivity contribution is 0.101. The number of fused-ring (bicyclic) bond motifs is 1. The minimum Gasteiger partial charge on any atom is -0.319 e. The molecule has 0 saturated heterocycles. The highest BCUT2D eigenvalue weighted by molar-refractivity contribution is 6.30. The Balaban J connectivity index is 1.69. The second kappa shape index (κ2) is 5.99. The van der Waals surface area contributed by atoms with Crippen molar-refractivity contribution in [2.75, 3.05) is 5.32 Å². The van der Waals surface area contributed by atoms with E-state index in [1.54, 1.807) is 18.2 Å². The Morgan fingerprint density at radius 1 is 1.16 bits per heavy atom. The maximum Gasteiger partial charge on any atom is 0.292 e. The van der Waals surface area contributed by atoms with E-state index in [-0.39, 0.29) is 11.7 Å². The van der Waals surface area contributed by atoms with Crippen molar-refractivity contribution < 1.29 is 4.79 Å². The number of amides is 1. The van der Waals surface area contributed by atoms with Gasteiger partial charge in [0, 0.05) is 10.7 Å². The zero-order valence-electron chi connectivity index (χ0n) is 13.1. The summed E-state index contributed by atoms with van der Waals surface area (Å²) < 4.78 is 0. The molecule has 124 valence electrons.